The Labute approximate surface area is 206 Å². The van der Waals surface area contributed by atoms with Crippen LogP contribution in [-0.2, 0) is 9.59 Å². The maximum atomic E-state index is 12.6. The number of hydrogen-bond acceptors (Lipinski definition) is 5. The van der Waals surface area contributed by atoms with E-state index in [4.69, 9.17) is 11.6 Å². The van der Waals surface area contributed by atoms with E-state index in [-0.39, 0.29) is 17.6 Å². The lowest BCUT2D eigenvalue weighted by Crippen LogP contribution is -2.14. The minimum atomic E-state index is -0.185. The molecule has 0 bridgehead atoms. The molecule has 1 aromatic heterocycles. The number of halogens is 1. The van der Waals surface area contributed by atoms with Crippen LogP contribution in [-0.4, -0.2) is 32.3 Å². The van der Waals surface area contributed by atoms with E-state index in [9.17, 15) is 9.59 Å². The number of carbonyl (C=O) groups is 2. The molecule has 2 N–H and O–H groups in total. The van der Waals surface area contributed by atoms with Crippen molar-refractivity contribution in [3.63, 3.8) is 0 Å². The Morgan fingerprint density at radius 3 is 2.21 bits per heavy atom. The van der Waals surface area contributed by atoms with Crippen LogP contribution in [0.4, 0.5) is 11.4 Å². The first-order chi connectivity index (χ1) is 16.4. The normalized spacial score (nSPS) is 10.7. The molecule has 34 heavy (non-hydrogen) atoms. The Kier molecular flexibility index (Phi) is 7.30. The van der Waals surface area contributed by atoms with Crippen molar-refractivity contribution >= 4 is 46.6 Å². The van der Waals surface area contributed by atoms with Gasteiger partial charge in [0.25, 0.3) is 0 Å². The Morgan fingerprint density at radius 1 is 0.912 bits per heavy atom. The fourth-order valence-corrected chi connectivity index (χ4v) is 4.25. The smallest absolute Gasteiger partial charge is 0.234 e. The summed E-state index contributed by atoms with van der Waals surface area (Å²) in [5.41, 5.74) is 4.07. The highest BCUT2D eigenvalue weighted by Crippen LogP contribution is 2.32. The predicted molar refractivity (Wildman–Crippen MR) is 137 cm³/mol. The number of nitrogens with zero attached hydrogens (tertiary/aromatic N) is 3. The van der Waals surface area contributed by atoms with Crippen molar-refractivity contribution in [3.8, 4) is 17.1 Å². The Morgan fingerprint density at radius 2 is 1.56 bits per heavy atom. The molecule has 0 fully saturated rings. The number of rotatable bonds is 7. The van der Waals surface area contributed by atoms with Crippen molar-refractivity contribution in [1.82, 2.24) is 14.8 Å². The molecule has 4 aromatic rings. The van der Waals surface area contributed by atoms with Gasteiger partial charge in [0.15, 0.2) is 11.0 Å². The molecule has 0 saturated heterocycles. The standard InChI is InChI=1S/C25H22ClN5O2S/c1-16-7-13-20(14-8-16)31-24(21-5-3-4-6-22(21)26)29-30-25(31)34-15-23(33)28-19-11-9-18(10-12-19)27-17(2)32/h3-14H,15H2,1-2H3,(H,27,32)(H,28,33). The van der Waals surface area contributed by atoms with Crippen LogP contribution in [0, 0.1) is 6.92 Å². The zero-order valence-corrected chi connectivity index (χ0v) is 20.2. The van der Waals surface area contributed by atoms with Gasteiger partial charge in [-0.2, -0.15) is 0 Å². The number of benzene rings is 3. The number of aryl methyl sites for hydroxylation is 1. The van der Waals surface area contributed by atoms with Crippen molar-refractivity contribution in [1.29, 1.82) is 0 Å². The number of amides is 2. The van der Waals surface area contributed by atoms with Crippen LogP contribution in [0.15, 0.2) is 78.0 Å². The van der Waals surface area contributed by atoms with Gasteiger partial charge in [-0.1, -0.05) is 53.2 Å². The number of nitrogens with one attached hydrogen (secondary N) is 2. The highest BCUT2D eigenvalue weighted by atomic mass is 35.5. The van der Waals surface area contributed by atoms with Crippen molar-refractivity contribution in [2.75, 3.05) is 16.4 Å². The summed E-state index contributed by atoms with van der Waals surface area (Å²) < 4.78 is 1.90. The largest absolute Gasteiger partial charge is 0.326 e. The first-order valence-electron chi connectivity index (χ1n) is 10.5. The van der Waals surface area contributed by atoms with E-state index in [0.29, 0.717) is 27.4 Å². The van der Waals surface area contributed by atoms with Gasteiger partial charge in [-0.3, -0.25) is 14.2 Å². The first-order valence-corrected chi connectivity index (χ1v) is 11.8. The van der Waals surface area contributed by atoms with Gasteiger partial charge in [0.05, 0.1) is 10.8 Å². The highest BCUT2D eigenvalue weighted by molar-refractivity contribution is 7.99. The summed E-state index contributed by atoms with van der Waals surface area (Å²) in [7, 11) is 0. The number of thioether (sulfide) groups is 1. The van der Waals surface area contributed by atoms with Gasteiger partial charge in [0.1, 0.15) is 0 Å². The van der Waals surface area contributed by atoms with Gasteiger partial charge in [0.2, 0.25) is 11.8 Å². The molecule has 0 atom stereocenters. The molecule has 0 aliphatic rings. The third-order valence-corrected chi connectivity index (χ3v) is 6.12. The molecule has 1 heterocycles. The van der Waals surface area contributed by atoms with Crippen LogP contribution in [0.5, 0.6) is 0 Å². The van der Waals surface area contributed by atoms with E-state index in [0.717, 1.165) is 16.8 Å². The molecule has 4 rings (SSSR count). The van der Waals surface area contributed by atoms with Crippen molar-refractivity contribution < 1.29 is 9.59 Å². The summed E-state index contributed by atoms with van der Waals surface area (Å²) in [6, 6.07) is 22.4. The van der Waals surface area contributed by atoms with Crippen LogP contribution in [0.2, 0.25) is 5.02 Å². The van der Waals surface area contributed by atoms with E-state index >= 15 is 0 Å². The van der Waals surface area contributed by atoms with E-state index < -0.39 is 0 Å². The van der Waals surface area contributed by atoms with E-state index in [1.165, 1.54) is 18.7 Å². The summed E-state index contributed by atoms with van der Waals surface area (Å²) in [5.74, 6) is 0.406. The van der Waals surface area contributed by atoms with Crippen molar-refractivity contribution in [3.05, 3.63) is 83.4 Å². The Hall–Kier alpha value is -3.62. The fraction of sp³-hybridized carbons (Fsp3) is 0.120. The lowest BCUT2D eigenvalue weighted by atomic mass is 10.2. The van der Waals surface area contributed by atoms with Gasteiger partial charge >= 0.3 is 0 Å². The molecule has 0 saturated carbocycles. The summed E-state index contributed by atoms with van der Waals surface area (Å²) in [5, 5.41) is 15.4. The molecule has 172 valence electrons. The van der Waals surface area contributed by atoms with Crippen molar-refractivity contribution in [2.45, 2.75) is 19.0 Å². The van der Waals surface area contributed by atoms with Crippen molar-refractivity contribution in [2.24, 2.45) is 0 Å². The third-order valence-electron chi connectivity index (χ3n) is 4.86. The highest BCUT2D eigenvalue weighted by Gasteiger charge is 2.19. The number of carbonyl (C=O) groups excluding carboxylic acids is 2. The molecule has 7 nitrogen and oxygen atoms in total. The van der Waals surface area contributed by atoms with Gasteiger partial charge in [0, 0.05) is 29.5 Å². The molecule has 9 heteroatoms. The zero-order valence-electron chi connectivity index (χ0n) is 18.6. The van der Waals surface area contributed by atoms with E-state index in [2.05, 4.69) is 20.8 Å². The number of anilines is 2. The van der Waals surface area contributed by atoms with Gasteiger partial charge < -0.3 is 10.6 Å². The topological polar surface area (TPSA) is 88.9 Å². The minimum absolute atomic E-state index is 0.139. The second-order valence-electron chi connectivity index (χ2n) is 7.55. The SMILES string of the molecule is CC(=O)Nc1ccc(NC(=O)CSc2nnc(-c3ccccc3Cl)n2-c2ccc(C)cc2)cc1. The Balaban J connectivity index is 1.54. The summed E-state index contributed by atoms with van der Waals surface area (Å²) in [6.45, 7) is 3.47. The second-order valence-corrected chi connectivity index (χ2v) is 8.90. The molecule has 3 aromatic carbocycles. The summed E-state index contributed by atoms with van der Waals surface area (Å²) >= 11 is 7.72. The maximum Gasteiger partial charge on any atom is 0.234 e. The quantitative estimate of drug-likeness (QED) is 0.329. The summed E-state index contributed by atoms with van der Waals surface area (Å²) in [4.78, 5) is 23.7. The lowest BCUT2D eigenvalue weighted by Gasteiger charge is -2.12. The van der Waals surface area contributed by atoms with Crippen LogP contribution in [0.25, 0.3) is 17.1 Å². The van der Waals surface area contributed by atoms with E-state index in [1.807, 2.05) is 60.0 Å². The summed E-state index contributed by atoms with van der Waals surface area (Å²) in [6.07, 6.45) is 0. The van der Waals surface area contributed by atoms with Crippen LogP contribution < -0.4 is 10.6 Å². The van der Waals surface area contributed by atoms with Gasteiger partial charge in [-0.15, -0.1) is 10.2 Å². The molecule has 0 aliphatic heterocycles. The van der Waals surface area contributed by atoms with Crippen LogP contribution in [0.1, 0.15) is 12.5 Å². The second kappa shape index (κ2) is 10.5. The number of aromatic nitrogens is 3. The fourth-order valence-electron chi connectivity index (χ4n) is 3.27. The number of hydrogen-bond donors (Lipinski definition) is 2. The molecular weight excluding hydrogens is 470 g/mol. The first kappa shape index (κ1) is 23.5. The molecule has 2 amide bonds. The average molecular weight is 492 g/mol. The zero-order chi connectivity index (χ0) is 24.1. The maximum absolute atomic E-state index is 12.6. The molecule has 0 unspecified atom stereocenters. The molecule has 0 radical (unpaired) electrons. The van der Waals surface area contributed by atoms with Crippen LogP contribution in [0.3, 0.4) is 0 Å². The monoisotopic (exact) mass is 491 g/mol. The molecule has 0 spiro atoms. The Bertz CT molecular complexity index is 1320. The predicted octanol–water partition coefficient (Wildman–Crippen LogP) is 5.59. The third kappa shape index (κ3) is 5.65. The van der Waals surface area contributed by atoms with Crippen LogP contribution >= 0.6 is 23.4 Å². The molecule has 0 aliphatic carbocycles. The average Bonchev–Trinajstić information content (AvgIpc) is 3.23. The van der Waals surface area contributed by atoms with Gasteiger partial charge in [-0.25, -0.2) is 0 Å². The molecular formula is C25H22ClN5O2S. The van der Waals surface area contributed by atoms with Gasteiger partial charge in [-0.05, 0) is 55.5 Å². The lowest BCUT2D eigenvalue weighted by molar-refractivity contribution is -0.114. The van der Waals surface area contributed by atoms with E-state index in [1.54, 1.807) is 24.3 Å². The minimum Gasteiger partial charge on any atom is -0.326 e.